The zero-order chi connectivity index (χ0) is 18.2. The molecule has 5 nitrogen and oxygen atoms in total. The standard InChI is InChI=1S/C19H28N4OS/c1-13(2)12-24-17-8-6-7-16(9-17)10-21-19(20-5)22-11-18-23-14(3)15(4)25-18/h6-9,13H,10-12H2,1-5H3,(H2,20,21,22). The van der Waals surface area contributed by atoms with Gasteiger partial charge in [0.05, 0.1) is 18.8 Å². The van der Waals surface area contributed by atoms with Gasteiger partial charge in [-0.05, 0) is 37.5 Å². The highest BCUT2D eigenvalue weighted by Crippen LogP contribution is 2.16. The molecule has 0 unspecified atom stereocenters. The molecular weight excluding hydrogens is 332 g/mol. The smallest absolute Gasteiger partial charge is 0.191 e. The van der Waals surface area contributed by atoms with Gasteiger partial charge < -0.3 is 15.4 Å². The molecule has 0 aliphatic rings. The predicted octanol–water partition coefficient (Wildman–Crippen LogP) is 3.66. The van der Waals surface area contributed by atoms with Crippen LogP contribution in [0.25, 0.3) is 0 Å². The minimum absolute atomic E-state index is 0.517. The van der Waals surface area contributed by atoms with Crippen molar-refractivity contribution in [1.82, 2.24) is 15.6 Å². The first-order chi connectivity index (χ1) is 12.0. The molecule has 0 aliphatic heterocycles. The van der Waals surface area contributed by atoms with Crippen molar-refractivity contribution in [2.75, 3.05) is 13.7 Å². The molecule has 0 radical (unpaired) electrons. The van der Waals surface area contributed by atoms with Gasteiger partial charge in [0.1, 0.15) is 10.8 Å². The zero-order valence-electron chi connectivity index (χ0n) is 15.7. The van der Waals surface area contributed by atoms with Crippen LogP contribution in [-0.2, 0) is 13.1 Å². The van der Waals surface area contributed by atoms with Gasteiger partial charge >= 0.3 is 0 Å². The summed E-state index contributed by atoms with van der Waals surface area (Å²) in [5, 5.41) is 7.71. The van der Waals surface area contributed by atoms with Crippen LogP contribution in [0.3, 0.4) is 0 Å². The number of ether oxygens (including phenoxy) is 1. The van der Waals surface area contributed by atoms with Crippen LogP contribution in [0.1, 0.15) is 35.0 Å². The van der Waals surface area contributed by atoms with Crippen LogP contribution >= 0.6 is 11.3 Å². The Bertz CT molecular complexity index is 690. The van der Waals surface area contributed by atoms with Crippen LogP contribution in [0.15, 0.2) is 29.3 Å². The van der Waals surface area contributed by atoms with E-state index >= 15 is 0 Å². The molecule has 0 saturated heterocycles. The Labute approximate surface area is 154 Å². The summed E-state index contributed by atoms with van der Waals surface area (Å²) in [6, 6.07) is 8.16. The summed E-state index contributed by atoms with van der Waals surface area (Å²) in [5.41, 5.74) is 2.26. The van der Waals surface area contributed by atoms with E-state index in [4.69, 9.17) is 4.74 Å². The fraction of sp³-hybridized carbons (Fsp3) is 0.474. The Morgan fingerprint density at radius 1 is 1.24 bits per heavy atom. The van der Waals surface area contributed by atoms with Crippen molar-refractivity contribution in [3.63, 3.8) is 0 Å². The van der Waals surface area contributed by atoms with Gasteiger partial charge in [0.15, 0.2) is 5.96 Å². The summed E-state index contributed by atoms with van der Waals surface area (Å²) in [5.74, 6) is 2.19. The number of aryl methyl sites for hydroxylation is 2. The summed E-state index contributed by atoms with van der Waals surface area (Å²) >= 11 is 1.72. The molecule has 2 N–H and O–H groups in total. The number of hydrogen-bond donors (Lipinski definition) is 2. The lowest BCUT2D eigenvalue weighted by atomic mass is 10.2. The van der Waals surface area contributed by atoms with Gasteiger partial charge in [0.2, 0.25) is 0 Å². The van der Waals surface area contributed by atoms with Gasteiger partial charge in [-0.25, -0.2) is 4.98 Å². The van der Waals surface area contributed by atoms with E-state index in [0.29, 0.717) is 19.0 Å². The van der Waals surface area contributed by atoms with Crippen molar-refractivity contribution in [1.29, 1.82) is 0 Å². The molecule has 0 amide bonds. The number of nitrogens with zero attached hydrogens (tertiary/aromatic N) is 2. The highest BCUT2D eigenvalue weighted by atomic mass is 32.1. The maximum Gasteiger partial charge on any atom is 0.191 e. The van der Waals surface area contributed by atoms with Gasteiger partial charge in [-0.1, -0.05) is 26.0 Å². The van der Waals surface area contributed by atoms with Crippen LogP contribution in [0.2, 0.25) is 0 Å². The third-order valence-corrected chi connectivity index (χ3v) is 4.72. The Hall–Kier alpha value is -2.08. The average Bonchev–Trinajstić information content (AvgIpc) is 2.91. The Kier molecular flexibility index (Phi) is 7.25. The molecule has 1 aromatic carbocycles. The number of rotatable bonds is 7. The van der Waals surface area contributed by atoms with Crippen molar-refractivity contribution < 1.29 is 4.74 Å². The fourth-order valence-corrected chi connectivity index (χ4v) is 3.06. The largest absolute Gasteiger partial charge is 0.493 e. The third-order valence-electron chi connectivity index (χ3n) is 3.65. The van der Waals surface area contributed by atoms with E-state index in [2.05, 4.69) is 53.5 Å². The number of aliphatic imine (C=N–C) groups is 1. The third kappa shape index (κ3) is 6.38. The summed E-state index contributed by atoms with van der Waals surface area (Å²) in [7, 11) is 1.77. The van der Waals surface area contributed by atoms with Crippen LogP contribution < -0.4 is 15.4 Å². The van der Waals surface area contributed by atoms with Crippen molar-refractivity contribution in [3.8, 4) is 5.75 Å². The van der Waals surface area contributed by atoms with Crippen molar-refractivity contribution >= 4 is 17.3 Å². The summed E-state index contributed by atoms with van der Waals surface area (Å²) in [6.07, 6.45) is 0. The molecule has 2 rings (SSSR count). The molecule has 136 valence electrons. The number of guanidine groups is 1. The maximum absolute atomic E-state index is 5.78. The number of thiazole rings is 1. The van der Waals surface area contributed by atoms with Gasteiger partial charge in [0, 0.05) is 18.5 Å². The second kappa shape index (κ2) is 9.42. The topological polar surface area (TPSA) is 58.5 Å². The minimum atomic E-state index is 0.517. The molecule has 0 spiro atoms. The first-order valence-corrected chi connectivity index (χ1v) is 9.38. The normalized spacial score (nSPS) is 11.7. The highest BCUT2D eigenvalue weighted by Gasteiger charge is 2.05. The van der Waals surface area contributed by atoms with E-state index < -0.39 is 0 Å². The van der Waals surface area contributed by atoms with Crippen LogP contribution in [0.4, 0.5) is 0 Å². The van der Waals surface area contributed by atoms with Crippen molar-refractivity contribution in [2.24, 2.45) is 10.9 Å². The van der Waals surface area contributed by atoms with E-state index in [1.807, 2.05) is 19.1 Å². The van der Waals surface area contributed by atoms with E-state index in [0.717, 1.165) is 34.6 Å². The fourth-order valence-electron chi connectivity index (χ4n) is 2.19. The Balaban J connectivity index is 1.84. The van der Waals surface area contributed by atoms with Gasteiger partial charge in [-0.3, -0.25) is 4.99 Å². The SMILES string of the molecule is CN=C(NCc1cccc(OCC(C)C)c1)NCc1nc(C)c(C)s1. The van der Waals surface area contributed by atoms with Crippen LogP contribution in [-0.4, -0.2) is 24.6 Å². The number of nitrogens with one attached hydrogen (secondary N) is 2. The molecule has 6 heteroatoms. The Morgan fingerprint density at radius 2 is 2.00 bits per heavy atom. The first kappa shape index (κ1) is 19.2. The number of aromatic nitrogens is 1. The highest BCUT2D eigenvalue weighted by molar-refractivity contribution is 7.11. The molecule has 0 aliphatic carbocycles. The second-order valence-corrected chi connectivity index (χ2v) is 7.67. The second-order valence-electron chi connectivity index (χ2n) is 6.38. The molecule has 0 fully saturated rings. The summed E-state index contributed by atoms with van der Waals surface area (Å²) in [6.45, 7) is 10.5. The van der Waals surface area contributed by atoms with E-state index in [-0.39, 0.29) is 0 Å². The number of hydrogen-bond acceptors (Lipinski definition) is 4. The van der Waals surface area contributed by atoms with E-state index in [1.165, 1.54) is 4.88 Å². The molecule has 0 bridgehead atoms. The lowest BCUT2D eigenvalue weighted by molar-refractivity contribution is 0.271. The van der Waals surface area contributed by atoms with Crippen LogP contribution in [0.5, 0.6) is 5.75 Å². The molecule has 1 aromatic heterocycles. The van der Waals surface area contributed by atoms with E-state index in [9.17, 15) is 0 Å². The molecule has 0 saturated carbocycles. The average molecular weight is 361 g/mol. The maximum atomic E-state index is 5.78. The van der Waals surface area contributed by atoms with E-state index in [1.54, 1.807) is 18.4 Å². The zero-order valence-corrected chi connectivity index (χ0v) is 16.5. The van der Waals surface area contributed by atoms with Crippen molar-refractivity contribution in [2.45, 2.75) is 40.8 Å². The van der Waals surface area contributed by atoms with Gasteiger partial charge in [-0.15, -0.1) is 11.3 Å². The molecular formula is C19H28N4OS. The quantitative estimate of drug-likeness (QED) is 0.584. The lowest BCUT2D eigenvalue weighted by Gasteiger charge is -2.13. The molecule has 1 heterocycles. The summed E-state index contributed by atoms with van der Waals surface area (Å²) < 4.78 is 5.78. The van der Waals surface area contributed by atoms with Gasteiger partial charge in [-0.2, -0.15) is 0 Å². The molecule has 0 atom stereocenters. The monoisotopic (exact) mass is 360 g/mol. The minimum Gasteiger partial charge on any atom is -0.493 e. The number of benzene rings is 1. The lowest BCUT2D eigenvalue weighted by Crippen LogP contribution is -2.36. The van der Waals surface area contributed by atoms with Crippen molar-refractivity contribution in [3.05, 3.63) is 45.4 Å². The Morgan fingerprint density at radius 3 is 2.64 bits per heavy atom. The molecule has 2 aromatic rings. The van der Waals surface area contributed by atoms with Crippen LogP contribution in [0, 0.1) is 19.8 Å². The van der Waals surface area contributed by atoms with Gasteiger partial charge in [0.25, 0.3) is 0 Å². The summed E-state index contributed by atoms with van der Waals surface area (Å²) in [4.78, 5) is 10.1. The first-order valence-electron chi connectivity index (χ1n) is 8.57. The molecule has 25 heavy (non-hydrogen) atoms. The predicted molar refractivity (Wildman–Crippen MR) is 105 cm³/mol.